The number of thiophene rings is 1. The number of aromatic nitrogens is 2. The van der Waals surface area contributed by atoms with Crippen LogP contribution in [-0.2, 0) is 13.6 Å². The fourth-order valence-corrected chi connectivity index (χ4v) is 2.96. The van der Waals surface area contributed by atoms with Gasteiger partial charge in [-0.3, -0.25) is 4.68 Å². The molecule has 0 aliphatic carbocycles. The number of hydrogen-bond acceptors (Lipinski definition) is 4. The van der Waals surface area contributed by atoms with E-state index in [1.165, 1.54) is 11.1 Å². The standard InChI is InChI=1S/C16H26N6S/c1-5-17-16(18-8-13-6-7-23-12-13)19-10-15(21(2)3)14-9-20-22(4)11-14/h6-7,9,11-12,15H,5,8,10H2,1-4H3,(H2,17,18,19). The average Bonchev–Trinajstić information content (AvgIpc) is 3.16. The molecule has 7 heteroatoms. The molecule has 1 unspecified atom stereocenters. The van der Waals surface area contributed by atoms with Crippen molar-refractivity contribution in [2.45, 2.75) is 19.5 Å². The Labute approximate surface area is 142 Å². The molecular weight excluding hydrogens is 308 g/mol. The zero-order valence-electron chi connectivity index (χ0n) is 14.3. The molecule has 2 heterocycles. The Hall–Kier alpha value is -1.86. The maximum absolute atomic E-state index is 4.65. The summed E-state index contributed by atoms with van der Waals surface area (Å²) in [6.45, 7) is 4.38. The van der Waals surface area contributed by atoms with Gasteiger partial charge in [0.05, 0.1) is 18.8 Å². The van der Waals surface area contributed by atoms with Gasteiger partial charge in [-0.25, -0.2) is 4.99 Å². The summed E-state index contributed by atoms with van der Waals surface area (Å²) in [7, 11) is 6.10. The fourth-order valence-electron chi connectivity index (χ4n) is 2.30. The Bertz CT molecular complexity index is 602. The second-order valence-corrected chi connectivity index (χ2v) is 6.41. The van der Waals surface area contributed by atoms with Crippen LogP contribution >= 0.6 is 11.3 Å². The first-order chi connectivity index (χ1) is 11.1. The minimum Gasteiger partial charge on any atom is -0.357 e. The Kier molecular flexibility index (Phi) is 6.61. The third-order valence-electron chi connectivity index (χ3n) is 3.54. The lowest BCUT2D eigenvalue weighted by Crippen LogP contribution is -2.41. The molecule has 0 spiro atoms. The smallest absolute Gasteiger partial charge is 0.191 e. The number of nitrogens with one attached hydrogen (secondary N) is 2. The molecule has 0 saturated carbocycles. The molecule has 0 aromatic carbocycles. The maximum atomic E-state index is 4.65. The number of hydrogen-bond donors (Lipinski definition) is 2. The number of nitrogens with zero attached hydrogens (tertiary/aromatic N) is 4. The van der Waals surface area contributed by atoms with Gasteiger partial charge in [0.15, 0.2) is 5.96 Å². The van der Waals surface area contributed by atoms with Gasteiger partial charge in [0.25, 0.3) is 0 Å². The van der Waals surface area contributed by atoms with Crippen LogP contribution in [0.4, 0.5) is 0 Å². The van der Waals surface area contributed by atoms with Gasteiger partial charge in [-0.15, -0.1) is 0 Å². The lowest BCUT2D eigenvalue weighted by atomic mass is 10.1. The zero-order chi connectivity index (χ0) is 16.7. The highest BCUT2D eigenvalue weighted by atomic mass is 32.1. The summed E-state index contributed by atoms with van der Waals surface area (Å²) in [5.41, 5.74) is 2.43. The Morgan fingerprint density at radius 1 is 1.43 bits per heavy atom. The summed E-state index contributed by atoms with van der Waals surface area (Å²) in [4.78, 5) is 6.83. The van der Waals surface area contributed by atoms with Gasteiger partial charge in [0.1, 0.15) is 0 Å². The van der Waals surface area contributed by atoms with Crippen LogP contribution in [0.2, 0.25) is 0 Å². The van der Waals surface area contributed by atoms with Gasteiger partial charge in [-0.05, 0) is 43.4 Å². The van der Waals surface area contributed by atoms with E-state index in [0.29, 0.717) is 6.54 Å². The molecule has 0 saturated heterocycles. The van der Waals surface area contributed by atoms with Crippen LogP contribution in [-0.4, -0.2) is 47.8 Å². The summed E-state index contributed by atoms with van der Waals surface area (Å²) >= 11 is 1.70. The predicted octanol–water partition coefficient (Wildman–Crippen LogP) is 1.84. The molecule has 23 heavy (non-hydrogen) atoms. The van der Waals surface area contributed by atoms with Crippen molar-refractivity contribution < 1.29 is 0 Å². The van der Waals surface area contributed by atoms with Gasteiger partial charge in [-0.2, -0.15) is 16.4 Å². The van der Waals surface area contributed by atoms with E-state index < -0.39 is 0 Å². The quantitative estimate of drug-likeness (QED) is 0.599. The van der Waals surface area contributed by atoms with Crippen LogP contribution in [0.5, 0.6) is 0 Å². The van der Waals surface area contributed by atoms with Crippen molar-refractivity contribution in [1.82, 2.24) is 25.3 Å². The van der Waals surface area contributed by atoms with E-state index in [-0.39, 0.29) is 6.04 Å². The molecule has 0 aliphatic heterocycles. The second-order valence-electron chi connectivity index (χ2n) is 5.63. The Morgan fingerprint density at radius 3 is 2.83 bits per heavy atom. The molecule has 2 aromatic rings. The second kappa shape index (κ2) is 8.69. The third kappa shape index (κ3) is 5.37. The minimum absolute atomic E-state index is 0.244. The van der Waals surface area contributed by atoms with E-state index in [2.05, 4.69) is 69.7 Å². The molecule has 0 aliphatic rings. The first-order valence-corrected chi connectivity index (χ1v) is 8.72. The van der Waals surface area contributed by atoms with Gasteiger partial charge in [0, 0.05) is 31.9 Å². The Morgan fingerprint density at radius 2 is 2.26 bits per heavy atom. The highest BCUT2D eigenvalue weighted by Crippen LogP contribution is 2.16. The summed E-state index contributed by atoms with van der Waals surface area (Å²) in [6, 6.07) is 2.35. The number of guanidine groups is 1. The van der Waals surface area contributed by atoms with Crippen LogP contribution in [0, 0.1) is 0 Å². The molecular formula is C16H26N6S. The summed E-state index contributed by atoms with van der Waals surface area (Å²) in [6.07, 6.45) is 3.98. The van der Waals surface area contributed by atoms with E-state index >= 15 is 0 Å². The molecule has 6 nitrogen and oxygen atoms in total. The van der Waals surface area contributed by atoms with E-state index in [1.54, 1.807) is 11.3 Å². The highest BCUT2D eigenvalue weighted by Gasteiger charge is 2.16. The van der Waals surface area contributed by atoms with Crippen LogP contribution in [0.3, 0.4) is 0 Å². The molecule has 0 amide bonds. The maximum Gasteiger partial charge on any atom is 0.191 e. The fraction of sp³-hybridized carbons (Fsp3) is 0.500. The number of likely N-dealkylation sites (N-methyl/N-ethyl adjacent to an activating group) is 1. The summed E-state index contributed by atoms with van der Waals surface area (Å²) < 4.78 is 1.84. The van der Waals surface area contributed by atoms with Crippen molar-refractivity contribution in [2.75, 3.05) is 27.2 Å². The van der Waals surface area contributed by atoms with E-state index in [0.717, 1.165) is 19.0 Å². The monoisotopic (exact) mass is 334 g/mol. The number of rotatable bonds is 7. The summed E-state index contributed by atoms with van der Waals surface area (Å²) in [5.74, 6) is 0.842. The van der Waals surface area contributed by atoms with Crippen LogP contribution in [0.25, 0.3) is 0 Å². The van der Waals surface area contributed by atoms with Gasteiger partial charge < -0.3 is 15.5 Å². The van der Waals surface area contributed by atoms with Crippen molar-refractivity contribution >= 4 is 17.3 Å². The average molecular weight is 334 g/mol. The highest BCUT2D eigenvalue weighted by molar-refractivity contribution is 7.07. The molecule has 2 N–H and O–H groups in total. The summed E-state index contributed by atoms with van der Waals surface area (Å²) in [5, 5.41) is 15.2. The minimum atomic E-state index is 0.244. The lowest BCUT2D eigenvalue weighted by molar-refractivity contribution is 0.298. The predicted molar refractivity (Wildman–Crippen MR) is 96.8 cm³/mol. The molecule has 0 fully saturated rings. The molecule has 2 rings (SSSR count). The van der Waals surface area contributed by atoms with Crippen molar-refractivity contribution in [2.24, 2.45) is 12.0 Å². The normalized spacial score (nSPS) is 13.3. The van der Waals surface area contributed by atoms with E-state index in [9.17, 15) is 0 Å². The lowest BCUT2D eigenvalue weighted by Gasteiger charge is -2.24. The van der Waals surface area contributed by atoms with Gasteiger partial charge in [-0.1, -0.05) is 0 Å². The van der Waals surface area contributed by atoms with Crippen LogP contribution < -0.4 is 10.6 Å². The van der Waals surface area contributed by atoms with Crippen LogP contribution in [0.15, 0.2) is 34.2 Å². The van der Waals surface area contributed by atoms with Crippen molar-refractivity contribution in [1.29, 1.82) is 0 Å². The SMILES string of the molecule is CCNC(=NCc1ccsc1)NCC(c1cnn(C)c1)N(C)C. The third-order valence-corrected chi connectivity index (χ3v) is 4.27. The Balaban J connectivity index is 1.99. The van der Waals surface area contributed by atoms with Gasteiger partial charge >= 0.3 is 0 Å². The largest absolute Gasteiger partial charge is 0.357 e. The number of aliphatic imine (C=N–C) groups is 1. The molecule has 0 bridgehead atoms. The van der Waals surface area contributed by atoms with Crippen LogP contribution in [0.1, 0.15) is 24.1 Å². The zero-order valence-corrected chi connectivity index (χ0v) is 15.1. The van der Waals surface area contributed by atoms with Crippen molar-refractivity contribution in [3.63, 3.8) is 0 Å². The first-order valence-electron chi connectivity index (χ1n) is 7.78. The number of aryl methyl sites for hydroxylation is 1. The first kappa shape index (κ1) is 17.5. The molecule has 1 atom stereocenters. The van der Waals surface area contributed by atoms with Gasteiger partial charge in [0.2, 0.25) is 0 Å². The molecule has 2 aromatic heterocycles. The topological polar surface area (TPSA) is 57.5 Å². The van der Waals surface area contributed by atoms with E-state index in [4.69, 9.17) is 0 Å². The molecule has 126 valence electrons. The van der Waals surface area contributed by atoms with E-state index in [1.807, 2.05) is 17.9 Å². The molecule has 0 radical (unpaired) electrons. The van der Waals surface area contributed by atoms with Crippen molar-refractivity contribution in [3.8, 4) is 0 Å². The van der Waals surface area contributed by atoms with Crippen molar-refractivity contribution in [3.05, 3.63) is 40.3 Å².